The van der Waals surface area contributed by atoms with Crippen LogP contribution in [0.15, 0.2) is 48.5 Å². The maximum absolute atomic E-state index is 13.7. The Morgan fingerprint density at radius 3 is 2.58 bits per heavy atom. The molecule has 26 heavy (non-hydrogen) atoms. The van der Waals surface area contributed by atoms with Crippen molar-refractivity contribution in [3.8, 4) is 0 Å². The van der Waals surface area contributed by atoms with Gasteiger partial charge in [-0.15, -0.1) is 0 Å². The van der Waals surface area contributed by atoms with E-state index in [4.69, 9.17) is 11.6 Å². The molecule has 5 nitrogen and oxygen atoms in total. The zero-order valence-electron chi connectivity index (χ0n) is 14.2. The van der Waals surface area contributed by atoms with Gasteiger partial charge in [-0.25, -0.2) is 14.4 Å². The van der Waals surface area contributed by atoms with Gasteiger partial charge in [-0.3, -0.25) is 4.79 Å². The molecule has 1 heterocycles. The number of anilines is 3. The average molecular weight is 371 g/mol. The summed E-state index contributed by atoms with van der Waals surface area (Å²) >= 11 is 6.03. The van der Waals surface area contributed by atoms with Crippen molar-refractivity contribution >= 4 is 34.7 Å². The Morgan fingerprint density at radius 1 is 1.04 bits per heavy atom. The number of hydrogen-bond donors (Lipinski definition) is 2. The molecular weight excluding hydrogens is 355 g/mol. The fourth-order valence-electron chi connectivity index (χ4n) is 2.36. The van der Waals surface area contributed by atoms with Crippen LogP contribution < -0.4 is 10.6 Å². The molecule has 7 heteroatoms. The van der Waals surface area contributed by atoms with E-state index >= 15 is 0 Å². The number of rotatable bonds is 4. The molecule has 0 bridgehead atoms. The maximum atomic E-state index is 13.7. The molecule has 0 saturated carbocycles. The van der Waals surface area contributed by atoms with E-state index in [0.29, 0.717) is 16.7 Å². The van der Waals surface area contributed by atoms with Gasteiger partial charge >= 0.3 is 0 Å². The van der Waals surface area contributed by atoms with Gasteiger partial charge in [-0.2, -0.15) is 0 Å². The highest BCUT2D eigenvalue weighted by molar-refractivity contribution is 6.30. The predicted molar refractivity (Wildman–Crippen MR) is 101 cm³/mol. The van der Waals surface area contributed by atoms with Crippen molar-refractivity contribution < 1.29 is 9.18 Å². The quantitative estimate of drug-likeness (QED) is 0.686. The molecule has 0 fully saturated rings. The molecular formula is C19H16ClFN4O. The summed E-state index contributed by atoms with van der Waals surface area (Å²) in [5.41, 5.74) is 1.97. The van der Waals surface area contributed by atoms with Crippen LogP contribution in [0.5, 0.6) is 0 Å². The zero-order valence-corrected chi connectivity index (χ0v) is 14.9. The number of aromatic nitrogens is 2. The van der Waals surface area contributed by atoms with Gasteiger partial charge in [0.2, 0.25) is 0 Å². The number of halogens is 2. The maximum Gasteiger partial charge on any atom is 0.274 e. The summed E-state index contributed by atoms with van der Waals surface area (Å²) in [6, 6.07) is 12.9. The number of nitrogens with zero attached hydrogens (tertiary/aromatic N) is 2. The van der Waals surface area contributed by atoms with Gasteiger partial charge in [-0.1, -0.05) is 29.8 Å². The Balaban J connectivity index is 1.86. The Bertz CT molecular complexity index is 978. The molecule has 0 unspecified atom stereocenters. The van der Waals surface area contributed by atoms with Crippen LogP contribution in [0.2, 0.25) is 5.02 Å². The van der Waals surface area contributed by atoms with Crippen LogP contribution in [-0.4, -0.2) is 15.9 Å². The van der Waals surface area contributed by atoms with E-state index in [1.165, 1.54) is 18.2 Å². The Labute approximate surface area is 155 Å². The smallest absolute Gasteiger partial charge is 0.274 e. The molecule has 0 aliphatic rings. The highest BCUT2D eigenvalue weighted by atomic mass is 35.5. The minimum Gasteiger partial charge on any atom is -0.340 e. The van der Waals surface area contributed by atoms with Gasteiger partial charge < -0.3 is 10.6 Å². The van der Waals surface area contributed by atoms with Crippen LogP contribution in [0.4, 0.5) is 21.6 Å². The van der Waals surface area contributed by atoms with Crippen molar-refractivity contribution in [2.75, 3.05) is 10.6 Å². The number of nitrogens with one attached hydrogen (secondary N) is 2. The van der Waals surface area contributed by atoms with Gasteiger partial charge in [0.15, 0.2) is 0 Å². The molecule has 0 aliphatic carbocycles. The van der Waals surface area contributed by atoms with Gasteiger partial charge in [0.1, 0.15) is 23.2 Å². The lowest BCUT2D eigenvalue weighted by Crippen LogP contribution is -2.16. The standard InChI is InChI=1S/C19H16ClFN4O/c1-11-7-8-13(20)9-16(11)24-18-10-17(22-12(2)23-18)19(26)25-15-6-4-3-5-14(15)21/h3-10H,1-2H3,(H,25,26)(H,22,23,24). The molecule has 0 spiro atoms. The van der Waals surface area contributed by atoms with Gasteiger partial charge in [0.05, 0.1) is 5.69 Å². The predicted octanol–water partition coefficient (Wildman–Crippen LogP) is 4.88. The van der Waals surface area contributed by atoms with E-state index in [1.54, 1.807) is 31.2 Å². The number of carbonyl (C=O) groups is 1. The Kier molecular flexibility index (Phi) is 5.14. The van der Waals surface area contributed by atoms with Crippen molar-refractivity contribution in [3.05, 3.63) is 76.5 Å². The third-order valence-corrected chi connectivity index (χ3v) is 3.89. The Hall–Kier alpha value is -2.99. The van der Waals surface area contributed by atoms with Crippen molar-refractivity contribution in [1.82, 2.24) is 9.97 Å². The second-order valence-electron chi connectivity index (χ2n) is 5.70. The van der Waals surface area contributed by atoms with E-state index in [-0.39, 0.29) is 11.4 Å². The topological polar surface area (TPSA) is 66.9 Å². The molecule has 1 aromatic heterocycles. The summed E-state index contributed by atoms with van der Waals surface area (Å²) < 4.78 is 13.7. The fraction of sp³-hybridized carbons (Fsp3) is 0.105. The molecule has 0 aliphatic heterocycles. The summed E-state index contributed by atoms with van der Waals surface area (Å²) in [6.45, 7) is 3.61. The first-order valence-corrected chi connectivity index (χ1v) is 8.25. The lowest BCUT2D eigenvalue weighted by molar-refractivity contribution is 0.102. The largest absolute Gasteiger partial charge is 0.340 e. The monoisotopic (exact) mass is 370 g/mol. The van der Waals surface area contributed by atoms with Gasteiger partial charge in [0, 0.05) is 16.8 Å². The zero-order chi connectivity index (χ0) is 18.7. The lowest BCUT2D eigenvalue weighted by Gasteiger charge is -2.11. The van der Waals surface area contributed by atoms with Crippen molar-refractivity contribution in [3.63, 3.8) is 0 Å². The van der Waals surface area contributed by atoms with E-state index in [1.807, 2.05) is 13.0 Å². The number of benzene rings is 2. The molecule has 2 aromatic carbocycles. The normalized spacial score (nSPS) is 10.5. The molecule has 1 amide bonds. The van der Waals surface area contributed by atoms with Crippen LogP contribution in [0.3, 0.4) is 0 Å². The summed E-state index contributed by atoms with van der Waals surface area (Å²) in [5, 5.41) is 6.23. The summed E-state index contributed by atoms with van der Waals surface area (Å²) in [5.74, 6) is -0.180. The number of para-hydroxylation sites is 1. The lowest BCUT2D eigenvalue weighted by atomic mass is 10.2. The summed E-state index contributed by atoms with van der Waals surface area (Å²) in [6.07, 6.45) is 0. The number of amides is 1. The van der Waals surface area contributed by atoms with E-state index in [2.05, 4.69) is 20.6 Å². The first-order chi connectivity index (χ1) is 12.4. The average Bonchev–Trinajstić information content (AvgIpc) is 2.59. The van der Waals surface area contributed by atoms with Crippen molar-refractivity contribution in [2.24, 2.45) is 0 Å². The number of hydrogen-bond acceptors (Lipinski definition) is 4. The first-order valence-electron chi connectivity index (χ1n) is 7.87. The van der Waals surface area contributed by atoms with Crippen LogP contribution in [0.1, 0.15) is 21.9 Å². The van der Waals surface area contributed by atoms with Gasteiger partial charge in [-0.05, 0) is 43.7 Å². The van der Waals surface area contributed by atoms with Crippen molar-refractivity contribution in [2.45, 2.75) is 13.8 Å². The molecule has 3 rings (SSSR count). The fourth-order valence-corrected chi connectivity index (χ4v) is 2.54. The highest BCUT2D eigenvalue weighted by Crippen LogP contribution is 2.24. The Morgan fingerprint density at radius 2 is 1.81 bits per heavy atom. The molecule has 0 radical (unpaired) electrons. The minimum atomic E-state index is -0.522. The third-order valence-electron chi connectivity index (χ3n) is 3.66. The molecule has 3 aromatic rings. The van der Waals surface area contributed by atoms with E-state index in [0.717, 1.165) is 11.3 Å². The van der Waals surface area contributed by atoms with Crippen LogP contribution >= 0.6 is 11.6 Å². The third kappa shape index (κ3) is 4.15. The molecule has 2 N–H and O–H groups in total. The van der Waals surface area contributed by atoms with Crippen molar-refractivity contribution in [1.29, 1.82) is 0 Å². The summed E-state index contributed by atoms with van der Waals surface area (Å²) in [4.78, 5) is 20.8. The molecule has 0 atom stereocenters. The second kappa shape index (κ2) is 7.49. The summed E-state index contributed by atoms with van der Waals surface area (Å²) in [7, 11) is 0. The van der Waals surface area contributed by atoms with E-state index in [9.17, 15) is 9.18 Å². The van der Waals surface area contributed by atoms with Crippen LogP contribution in [-0.2, 0) is 0 Å². The van der Waals surface area contributed by atoms with Crippen LogP contribution in [0, 0.1) is 19.7 Å². The number of carbonyl (C=O) groups excluding carboxylic acids is 1. The van der Waals surface area contributed by atoms with Crippen LogP contribution in [0.25, 0.3) is 0 Å². The van der Waals surface area contributed by atoms with Gasteiger partial charge in [0.25, 0.3) is 5.91 Å². The first kappa shape index (κ1) is 17.8. The molecule has 0 saturated heterocycles. The van der Waals surface area contributed by atoms with E-state index < -0.39 is 11.7 Å². The minimum absolute atomic E-state index is 0.0916. The number of aryl methyl sites for hydroxylation is 2. The SMILES string of the molecule is Cc1nc(Nc2cc(Cl)ccc2C)cc(C(=O)Nc2ccccc2F)n1. The molecule has 132 valence electrons. The highest BCUT2D eigenvalue weighted by Gasteiger charge is 2.13. The second-order valence-corrected chi connectivity index (χ2v) is 6.14.